The summed E-state index contributed by atoms with van der Waals surface area (Å²) >= 11 is 0. The summed E-state index contributed by atoms with van der Waals surface area (Å²) < 4.78 is 0. The van der Waals surface area contributed by atoms with Gasteiger partial charge < -0.3 is 10.6 Å². The van der Waals surface area contributed by atoms with Gasteiger partial charge in [-0.05, 0) is 56.6 Å². The quantitative estimate of drug-likeness (QED) is 0.825. The second-order valence-electron chi connectivity index (χ2n) is 5.64. The summed E-state index contributed by atoms with van der Waals surface area (Å²) in [5.41, 5.74) is 1.48. The minimum atomic E-state index is -0.0214. The molecule has 0 spiro atoms. The minimum Gasteiger partial charge on any atom is -0.384 e. The van der Waals surface area contributed by atoms with Crippen LogP contribution in [0.1, 0.15) is 43.1 Å². The van der Waals surface area contributed by atoms with Crippen LogP contribution in [0.25, 0.3) is 0 Å². The number of anilines is 1. The zero-order valence-corrected chi connectivity index (χ0v) is 11.4. The number of amides is 1. The fraction of sp³-hybridized carbons (Fsp3) is 0.600. The van der Waals surface area contributed by atoms with Crippen molar-refractivity contribution in [2.75, 3.05) is 11.9 Å². The molecule has 102 valence electrons. The Morgan fingerprint density at radius 3 is 2.47 bits per heavy atom. The van der Waals surface area contributed by atoms with Gasteiger partial charge in [0.2, 0.25) is 0 Å². The minimum absolute atomic E-state index is 0.0214. The monoisotopic (exact) mass is 259 g/mol. The molecule has 1 heterocycles. The normalized spacial score (nSPS) is 18.4. The average Bonchev–Trinajstić information content (AvgIpc) is 3.30. The van der Waals surface area contributed by atoms with Crippen LogP contribution in [0.4, 0.5) is 5.69 Å². The van der Waals surface area contributed by atoms with Crippen molar-refractivity contribution in [3.63, 3.8) is 0 Å². The van der Waals surface area contributed by atoms with E-state index in [2.05, 4.69) is 15.6 Å². The van der Waals surface area contributed by atoms with Crippen molar-refractivity contribution in [2.24, 2.45) is 11.8 Å². The molecule has 0 saturated heterocycles. The Bertz CT molecular complexity index is 437. The second kappa shape index (κ2) is 5.19. The Morgan fingerprint density at radius 2 is 2.00 bits per heavy atom. The van der Waals surface area contributed by atoms with Crippen LogP contribution in [0.15, 0.2) is 18.3 Å². The van der Waals surface area contributed by atoms with Gasteiger partial charge in [-0.25, -0.2) is 4.98 Å². The van der Waals surface area contributed by atoms with Crippen LogP contribution in [0, 0.1) is 11.8 Å². The third-order valence-electron chi connectivity index (χ3n) is 3.93. The smallest absolute Gasteiger partial charge is 0.270 e. The van der Waals surface area contributed by atoms with E-state index in [-0.39, 0.29) is 5.91 Å². The van der Waals surface area contributed by atoms with E-state index >= 15 is 0 Å². The topological polar surface area (TPSA) is 54.0 Å². The first-order valence-corrected chi connectivity index (χ1v) is 7.28. The molecule has 0 unspecified atom stereocenters. The summed E-state index contributed by atoms with van der Waals surface area (Å²) in [7, 11) is 0. The zero-order chi connectivity index (χ0) is 13.2. The Morgan fingerprint density at radius 1 is 1.32 bits per heavy atom. The predicted molar refractivity (Wildman–Crippen MR) is 75.1 cm³/mol. The third-order valence-corrected chi connectivity index (χ3v) is 3.93. The number of carbonyl (C=O) groups excluding carboxylic acids is 1. The zero-order valence-electron chi connectivity index (χ0n) is 11.4. The van der Waals surface area contributed by atoms with E-state index in [1.54, 1.807) is 12.3 Å². The molecular weight excluding hydrogens is 238 g/mol. The van der Waals surface area contributed by atoms with E-state index in [0.717, 1.165) is 24.1 Å². The van der Waals surface area contributed by atoms with E-state index in [1.807, 2.05) is 13.0 Å². The Kier molecular flexibility index (Phi) is 3.40. The number of rotatable bonds is 6. The summed E-state index contributed by atoms with van der Waals surface area (Å²) in [6, 6.07) is 4.10. The highest BCUT2D eigenvalue weighted by molar-refractivity contribution is 5.92. The highest BCUT2D eigenvalue weighted by atomic mass is 16.1. The molecule has 0 aliphatic heterocycles. The lowest BCUT2D eigenvalue weighted by molar-refractivity contribution is 0.0921. The van der Waals surface area contributed by atoms with Crippen LogP contribution in [0.2, 0.25) is 0 Å². The molecule has 0 aromatic carbocycles. The second-order valence-corrected chi connectivity index (χ2v) is 5.64. The van der Waals surface area contributed by atoms with Gasteiger partial charge in [-0.1, -0.05) is 0 Å². The largest absolute Gasteiger partial charge is 0.384 e. The summed E-state index contributed by atoms with van der Waals surface area (Å²) in [5.74, 6) is 1.42. The van der Waals surface area contributed by atoms with E-state index in [9.17, 15) is 4.79 Å². The molecule has 1 amide bonds. The molecule has 2 aliphatic rings. The molecule has 3 rings (SSSR count). The average molecular weight is 259 g/mol. The first-order chi connectivity index (χ1) is 9.28. The van der Waals surface area contributed by atoms with Gasteiger partial charge in [-0.2, -0.15) is 0 Å². The summed E-state index contributed by atoms with van der Waals surface area (Å²) in [6.45, 7) is 2.90. The summed E-state index contributed by atoms with van der Waals surface area (Å²) in [6.07, 6.45) is 6.81. The molecule has 4 heteroatoms. The van der Waals surface area contributed by atoms with Crippen LogP contribution >= 0.6 is 0 Å². The molecule has 0 radical (unpaired) electrons. The SMILES string of the molecule is CCNc1ccc(C(=O)NC(C2CC2)C2CC2)nc1. The molecule has 2 saturated carbocycles. The van der Waals surface area contributed by atoms with Crippen molar-refractivity contribution in [2.45, 2.75) is 38.6 Å². The van der Waals surface area contributed by atoms with Crippen molar-refractivity contribution in [3.8, 4) is 0 Å². The predicted octanol–water partition coefficient (Wildman–Crippen LogP) is 2.43. The van der Waals surface area contributed by atoms with Crippen molar-refractivity contribution in [1.82, 2.24) is 10.3 Å². The molecule has 2 N–H and O–H groups in total. The number of nitrogens with zero attached hydrogens (tertiary/aromatic N) is 1. The molecule has 1 aromatic rings. The molecule has 2 aliphatic carbocycles. The van der Waals surface area contributed by atoms with Gasteiger partial charge in [0.25, 0.3) is 5.91 Å². The maximum atomic E-state index is 12.2. The van der Waals surface area contributed by atoms with Gasteiger partial charge in [-0.15, -0.1) is 0 Å². The van der Waals surface area contributed by atoms with Gasteiger partial charge in [0, 0.05) is 12.6 Å². The van der Waals surface area contributed by atoms with Crippen molar-refractivity contribution in [3.05, 3.63) is 24.0 Å². The lowest BCUT2D eigenvalue weighted by Gasteiger charge is -2.17. The van der Waals surface area contributed by atoms with Crippen LogP contribution in [-0.4, -0.2) is 23.5 Å². The van der Waals surface area contributed by atoms with E-state index in [4.69, 9.17) is 0 Å². The molecular formula is C15H21N3O. The molecule has 19 heavy (non-hydrogen) atoms. The number of pyridine rings is 1. The number of carbonyl (C=O) groups is 1. The van der Waals surface area contributed by atoms with Crippen molar-refractivity contribution in [1.29, 1.82) is 0 Å². The Balaban J connectivity index is 1.62. The molecule has 0 atom stereocenters. The Hall–Kier alpha value is -1.58. The lowest BCUT2D eigenvalue weighted by atomic mass is 10.1. The fourth-order valence-electron chi connectivity index (χ4n) is 2.59. The Labute approximate surface area is 114 Å². The molecule has 4 nitrogen and oxygen atoms in total. The van der Waals surface area contributed by atoms with Crippen LogP contribution < -0.4 is 10.6 Å². The highest BCUT2D eigenvalue weighted by Crippen LogP contribution is 2.44. The van der Waals surface area contributed by atoms with Crippen LogP contribution in [-0.2, 0) is 0 Å². The van der Waals surface area contributed by atoms with Gasteiger partial charge in [0.1, 0.15) is 5.69 Å². The number of hydrogen-bond donors (Lipinski definition) is 2. The lowest BCUT2D eigenvalue weighted by Crippen LogP contribution is -2.38. The van der Waals surface area contributed by atoms with E-state index in [0.29, 0.717) is 11.7 Å². The van der Waals surface area contributed by atoms with Gasteiger partial charge in [0.15, 0.2) is 0 Å². The number of aromatic nitrogens is 1. The molecule has 0 bridgehead atoms. The standard InChI is InChI=1S/C15H21N3O/c1-2-16-12-7-8-13(17-9-12)15(19)18-14(10-3-4-10)11-5-6-11/h7-11,14,16H,2-6H2,1H3,(H,18,19). The van der Waals surface area contributed by atoms with Gasteiger partial charge >= 0.3 is 0 Å². The molecule has 2 fully saturated rings. The van der Waals surface area contributed by atoms with Crippen molar-refractivity contribution >= 4 is 11.6 Å². The van der Waals surface area contributed by atoms with Crippen molar-refractivity contribution < 1.29 is 4.79 Å². The van der Waals surface area contributed by atoms with E-state index in [1.165, 1.54) is 25.7 Å². The van der Waals surface area contributed by atoms with Gasteiger partial charge in [-0.3, -0.25) is 4.79 Å². The fourth-order valence-corrected chi connectivity index (χ4v) is 2.59. The maximum Gasteiger partial charge on any atom is 0.270 e. The number of nitrogens with one attached hydrogen (secondary N) is 2. The third kappa shape index (κ3) is 3.06. The maximum absolute atomic E-state index is 12.2. The first kappa shape index (κ1) is 12.5. The van der Waals surface area contributed by atoms with Crippen LogP contribution in [0.3, 0.4) is 0 Å². The number of hydrogen-bond acceptors (Lipinski definition) is 3. The summed E-state index contributed by atoms with van der Waals surface area (Å²) in [4.78, 5) is 16.4. The first-order valence-electron chi connectivity index (χ1n) is 7.28. The summed E-state index contributed by atoms with van der Waals surface area (Å²) in [5, 5.41) is 6.36. The molecule has 1 aromatic heterocycles. The van der Waals surface area contributed by atoms with E-state index < -0.39 is 0 Å². The van der Waals surface area contributed by atoms with Gasteiger partial charge in [0.05, 0.1) is 11.9 Å². The van der Waals surface area contributed by atoms with Crippen LogP contribution in [0.5, 0.6) is 0 Å². The highest BCUT2D eigenvalue weighted by Gasteiger charge is 2.42.